The van der Waals surface area contributed by atoms with Crippen LogP contribution in [0.15, 0.2) is 0 Å². The van der Waals surface area contributed by atoms with E-state index in [2.05, 4.69) is 20.7 Å². The second kappa shape index (κ2) is 9.19. The average Bonchev–Trinajstić information content (AvgIpc) is 2.21. The Morgan fingerprint density at radius 2 is 1.79 bits per heavy atom. The standard InChI is InChI=1S/C10H17BrO3/c1-14-10(13)7-6-9(12)5-3-2-4-8-11/h2-8H2,1H3. The lowest BCUT2D eigenvalue weighted by atomic mass is 10.1. The van der Waals surface area contributed by atoms with Crippen molar-refractivity contribution in [3.63, 3.8) is 0 Å². The normalized spacial score (nSPS) is 9.86. The lowest BCUT2D eigenvalue weighted by Crippen LogP contribution is -2.05. The Balaban J connectivity index is 3.32. The van der Waals surface area contributed by atoms with E-state index in [1.165, 1.54) is 7.11 Å². The van der Waals surface area contributed by atoms with E-state index in [4.69, 9.17) is 0 Å². The Hall–Kier alpha value is -0.380. The summed E-state index contributed by atoms with van der Waals surface area (Å²) in [5.41, 5.74) is 0. The van der Waals surface area contributed by atoms with Gasteiger partial charge in [-0.25, -0.2) is 0 Å². The van der Waals surface area contributed by atoms with Crippen LogP contribution in [0.2, 0.25) is 0 Å². The van der Waals surface area contributed by atoms with Gasteiger partial charge in [-0.05, 0) is 12.8 Å². The number of methoxy groups -OCH3 is 1. The molecule has 0 saturated heterocycles. The number of unbranched alkanes of at least 4 members (excludes halogenated alkanes) is 2. The molecular weight excluding hydrogens is 248 g/mol. The monoisotopic (exact) mass is 264 g/mol. The predicted octanol–water partition coefficient (Wildman–Crippen LogP) is 2.46. The number of halogens is 1. The number of esters is 1. The van der Waals surface area contributed by atoms with E-state index < -0.39 is 0 Å². The summed E-state index contributed by atoms with van der Waals surface area (Å²) in [7, 11) is 1.34. The van der Waals surface area contributed by atoms with Crippen LogP contribution in [0.25, 0.3) is 0 Å². The van der Waals surface area contributed by atoms with E-state index in [0.717, 1.165) is 24.6 Å². The second-order valence-corrected chi connectivity index (χ2v) is 3.91. The minimum Gasteiger partial charge on any atom is -0.469 e. The highest BCUT2D eigenvalue weighted by molar-refractivity contribution is 9.09. The van der Waals surface area contributed by atoms with Crippen LogP contribution in [0.5, 0.6) is 0 Å². The summed E-state index contributed by atoms with van der Waals surface area (Å²) < 4.78 is 4.45. The number of Topliss-reactive ketones (excluding diaryl/α,β-unsaturated/α-hetero) is 1. The van der Waals surface area contributed by atoms with Crippen molar-refractivity contribution in [2.75, 3.05) is 12.4 Å². The molecule has 3 nitrogen and oxygen atoms in total. The quantitative estimate of drug-likeness (QED) is 0.384. The number of hydrogen-bond acceptors (Lipinski definition) is 3. The van der Waals surface area contributed by atoms with Gasteiger partial charge in [0.25, 0.3) is 0 Å². The molecule has 0 fully saturated rings. The number of alkyl halides is 1. The highest BCUT2D eigenvalue weighted by Gasteiger charge is 2.06. The van der Waals surface area contributed by atoms with E-state index in [-0.39, 0.29) is 18.2 Å². The fraction of sp³-hybridized carbons (Fsp3) is 0.800. The summed E-state index contributed by atoms with van der Waals surface area (Å²) in [6, 6.07) is 0. The average molecular weight is 265 g/mol. The van der Waals surface area contributed by atoms with Crippen molar-refractivity contribution in [2.45, 2.75) is 38.5 Å². The number of rotatable bonds is 8. The number of carbonyl (C=O) groups is 2. The molecule has 0 heterocycles. The summed E-state index contributed by atoms with van der Waals surface area (Å²) >= 11 is 3.33. The Bertz CT molecular complexity index is 180. The van der Waals surface area contributed by atoms with Gasteiger partial charge >= 0.3 is 5.97 Å². The van der Waals surface area contributed by atoms with Gasteiger partial charge in [0.2, 0.25) is 0 Å². The molecule has 14 heavy (non-hydrogen) atoms. The zero-order valence-electron chi connectivity index (χ0n) is 8.55. The van der Waals surface area contributed by atoms with E-state index in [9.17, 15) is 9.59 Å². The third-order valence-corrected chi connectivity index (χ3v) is 2.49. The number of ether oxygens (including phenoxy) is 1. The molecule has 0 aromatic heterocycles. The van der Waals surface area contributed by atoms with Gasteiger partial charge in [0.05, 0.1) is 13.5 Å². The van der Waals surface area contributed by atoms with Crippen molar-refractivity contribution in [2.24, 2.45) is 0 Å². The van der Waals surface area contributed by atoms with Gasteiger partial charge < -0.3 is 4.74 Å². The maximum Gasteiger partial charge on any atom is 0.305 e. The smallest absolute Gasteiger partial charge is 0.305 e. The molecule has 0 atom stereocenters. The summed E-state index contributed by atoms with van der Waals surface area (Å²) in [5.74, 6) is -0.149. The van der Waals surface area contributed by atoms with Crippen LogP contribution in [0, 0.1) is 0 Å². The molecule has 0 radical (unpaired) electrons. The largest absolute Gasteiger partial charge is 0.469 e. The van der Waals surface area contributed by atoms with Gasteiger partial charge in [-0.3, -0.25) is 9.59 Å². The molecule has 0 aromatic carbocycles. The molecule has 0 aromatic rings. The topological polar surface area (TPSA) is 43.4 Å². The van der Waals surface area contributed by atoms with Crippen LogP contribution < -0.4 is 0 Å². The number of hydrogen-bond donors (Lipinski definition) is 0. The van der Waals surface area contributed by atoms with Crippen molar-refractivity contribution in [3.8, 4) is 0 Å². The van der Waals surface area contributed by atoms with E-state index in [0.29, 0.717) is 12.8 Å². The second-order valence-electron chi connectivity index (χ2n) is 3.11. The van der Waals surface area contributed by atoms with E-state index >= 15 is 0 Å². The lowest BCUT2D eigenvalue weighted by molar-refractivity contribution is -0.141. The highest BCUT2D eigenvalue weighted by Crippen LogP contribution is 2.05. The van der Waals surface area contributed by atoms with Gasteiger partial charge in [0, 0.05) is 18.2 Å². The van der Waals surface area contributed by atoms with Gasteiger partial charge in [-0.1, -0.05) is 22.4 Å². The summed E-state index contributed by atoms with van der Waals surface area (Å²) in [6.07, 6.45) is 4.21. The fourth-order valence-corrected chi connectivity index (χ4v) is 1.46. The van der Waals surface area contributed by atoms with Crippen molar-refractivity contribution in [1.82, 2.24) is 0 Å². The van der Waals surface area contributed by atoms with Gasteiger partial charge in [0.1, 0.15) is 5.78 Å². The van der Waals surface area contributed by atoms with Crippen molar-refractivity contribution < 1.29 is 14.3 Å². The third kappa shape index (κ3) is 8.23. The fourth-order valence-electron chi connectivity index (χ4n) is 1.06. The number of ketones is 1. The molecule has 0 rings (SSSR count). The third-order valence-electron chi connectivity index (χ3n) is 1.92. The summed E-state index contributed by atoms with van der Waals surface area (Å²) in [5, 5.41) is 0.989. The minimum absolute atomic E-state index is 0.157. The van der Waals surface area contributed by atoms with Crippen LogP contribution in [0.3, 0.4) is 0 Å². The molecule has 0 bridgehead atoms. The Morgan fingerprint density at radius 3 is 2.36 bits per heavy atom. The zero-order chi connectivity index (χ0) is 10.8. The Morgan fingerprint density at radius 1 is 1.07 bits per heavy atom. The SMILES string of the molecule is COC(=O)CCC(=O)CCCCCBr. The molecule has 0 aliphatic heterocycles. The van der Waals surface area contributed by atoms with Gasteiger partial charge in [-0.2, -0.15) is 0 Å². The molecule has 0 saturated carbocycles. The maximum atomic E-state index is 11.2. The highest BCUT2D eigenvalue weighted by atomic mass is 79.9. The molecule has 0 amide bonds. The molecule has 0 aliphatic carbocycles. The molecule has 4 heteroatoms. The lowest BCUT2D eigenvalue weighted by Gasteiger charge is -1.99. The van der Waals surface area contributed by atoms with Crippen LogP contribution in [-0.2, 0) is 14.3 Å². The van der Waals surface area contributed by atoms with E-state index in [1.807, 2.05) is 0 Å². The van der Waals surface area contributed by atoms with Crippen LogP contribution in [-0.4, -0.2) is 24.2 Å². The zero-order valence-corrected chi connectivity index (χ0v) is 10.1. The first-order valence-electron chi connectivity index (χ1n) is 4.85. The van der Waals surface area contributed by atoms with Crippen molar-refractivity contribution >= 4 is 27.7 Å². The molecule has 0 spiro atoms. The van der Waals surface area contributed by atoms with Crippen LogP contribution >= 0.6 is 15.9 Å². The Labute approximate surface area is 93.3 Å². The molecular formula is C10H17BrO3. The first-order chi connectivity index (χ1) is 6.70. The molecule has 0 aliphatic rings. The van der Waals surface area contributed by atoms with Gasteiger partial charge in [0.15, 0.2) is 0 Å². The first kappa shape index (κ1) is 13.6. The summed E-state index contributed by atoms with van der Waals surface area (Å²) in [4.78, 5) is 21.9. The van der Waals surface area contributed by atoms with Crippen molar-refractivity contribution in [3.05, 3.63) is 0 Å². The van der Waals surface area contributed by atoms with E-state index in [1.54, 1.807) is 0 Å². The Kier molecular flexibility index (Phi) is 8.94. The van der Waals surface area contributed by atoms with Crippen LogP contribution in [0.4, 0.5) is 0 Å². The molecule has 0 unspecified atom stereocenters. The molecule has 0 N–H and O–H groups in total. The maximum absolute atomic E-state index is 11.2. The predicted molar refractivity (Wildman–Crippen MR) is 58.5 cm³/mol. The summed E-state index contributed by atoms with van der Waals surface area (Å²) in [6.45, 7) is 0. The van der Waals surface area contributed by atoms with Crippen LogP contribution in [0.1, 0.15) is 38.5 Å². The van der Waals surface area contributed by atoms with Crippen molar-refractivity contribution in [1.29, 1.82) is 0 Å². The first-order valence-corrected chi connectivity index (χ1v) is 5.97. The molecule has 82 valence electrons. The van der Waals surface area contributed by atoms with Gasteiger partial charge in [-0.15, -0.1) is 0 Å². The number of carbonyl (C=O) groups excluding carboxylic acids is 2. The minimum atomic E-state index is -0.307.